The van der Waals surface area contributed by atoms with Crippen LogP contribution in [0.2, 0.25) is 0 Å². The molecule has 1 amide bonds. The van der Waals surface area contributed by atoms with Gasteiger partial charge in [0.05, 0.1) is 17.1 Å². The van der Waals surface area contributed by atoms with E-state index in [1.807, 2.05) is 25.1 Å². The zero-order chi connectivity index (χ0) is 15.6. The summed E-state index contributed by atoms with van der Waals surface area (Å²) in [7, 11) is 0. The van der Waals surface area contributed by atoms with Gasteiger partial charge in [-0.05, 0) is 24.6 Å². The van der Waals surface area contributed by atoms with Gasteiger partial charge in [0.25, 0.3) is 0 Å². The third-order valence-electron chi connectivity index (χ3n) is 3.40. The van der Waals surface area contributed by atoms with E-state index in [0.717, 1.165) is 29.0 Å². The molecule has 1 heterocycles. The van der Waals surface area contributed by atoms with Crippen LogP contribution in [0.4, 0.5) is 5.69 Å². The quantitative estimate of drug-likeness (QED) is 0.808. The van der Waals surface area contributed by atoms with Gasteiger partial charge >= 0.3 is 0 Å². The number of H-pyrrole nitrogens is 1. The molecule has 2 rings (SSSR count). The van der Waals surface area contributed by atoms with Crippen molar-refractivity contribution in [3.05, 3.63) is 24.0 Å². The normalized spacial score (nSPS) is 13.4. The van der Waals surface area contributed by atoms with E-state index < -0.39 is 6.04 Å². The van der Waals surface area contributed by atoms with Gasteiger partial charge in [-0.1, -0.05) is 34.1 Å². The Morgan fingerprint density at radius 3 is 2.76 bits per heavy atom. The lowest BCUT2D eigenvalue weighted by molar-refractivity contribution is -0.117. The largest absolute Gasteiger partial charge is 0.341 e. The molecular formula is C16H24N4O. The Bertz CT molecular complexity index is 639. The molecule has 0 bridgehead atoms. The first kappa shape index (κ1) is 15.5. The van der Waals surface area contributed by atoms with E-state index >= 15 is 0 Å². The van der Waals surface area contributed by atoms with Gasteiger partial charge in [0, 0.05) is 11.1 Å². The van der Waals surface area contributed by atoms with Gasteiger partial charge in [-0.15, -0.1) is 0 Å². The number of carbonyl (C=O) groups excluding carboxylic acids is 1. The number of aromatic nitrogens is 2. The van der Waals surface area contributed by atoms with Crippen LogP contribution in [0.1, 0.15) is 46.4 Å². The molecule has 114 valence electrons. The van der Waals surface area contributed by atoms with Crippen molar-refractivity contribution < 1.29 is 4.79 Å². The number of nitrogens with two attached hydrogens (primary N) is 1. The number of hydrogen-bond acceptors (Lipinski definition) is 3. The van der Waals surface area contributed by atoms with E-state index in [4.69, 9.17) is 5.73 Å². The SMILES string of the molecule is CCCC(N)C(=O)Nc1ccc2nc(C(C)(C)C)[nH]c2c1. The number of hydrogen-bond donors (Lipinski definition) is 3. The van der Waals surface area contributed by atoms with E-state index in [9.17, 15) is 4.79 Å². The summed E-state index contributed by atoms with van der Waals surface area (Å²) in [5, 5.41) is 2.85. The summed E-state index contributed by atoms with van der Waals surface area (Å²) in [6.45, 7) is 8.34. The van der Waals surface area contributed by atoms with Crippen LogP contribution in [0.15, 0.2) is 18.2 Å². The number of carbonyl (C=O) groups is 1. The Kier molecular flexibility index (Phi) is 4.32. The average Bonchev–Trinajstić information content (AvgIpc) is 2.82. The number of fused-ring (bicyclic) bond motifs is 1. The summed E-state index contributed by atoms with van der Waals surface area (Å²) in [5.74, 6) is 0.787. The summed E-state index contributed by atoms with van der Waals surface area (Å²) >= 11 is 0. The monoisotopic (exact) mass is 288 g/mol. The summed E-state index contributed by atoms with van der Waals surface area (Å²) in [4.78, 5) is 19.8. The Morgan fingerprint density at radius 2 is 2.14 bits per heavy atom. The lowest BCUT2D eigenvalue weighted by atomic mass is 9.96. The van der Waals surface area contributed by atoms with Gasteiger partial charge in [0.15, 0.2) is 0 Å². The maximum absolute atomic E-state index is 11.9. The van der Waals surface area contributed by atoms with Gasteiger partial charge < -0.3 is 16.0 Å². The third kappa shape index (κ3) is 3.61. The molecule has 1 aromatic carbocycles. The lowest BCUT2D eigenvalue weighted by Gasteiger charge is -2.13. The molecule has 4 N–H and O–H groups in total. The highest BCUT2D eigenvalue weighted by molar-refractivity contribution is 5.96. The van der Waals surface area contributed by atoms with E-state index in [0.29, 0.717) is 6.42 Å². The van der Waals surface area contributed by atoms with E-state index in [1.54, 1.807) is 0 Å². The Hall–Kier alpha value is -1.88. The molecule has 0 fully saturated rings. The molecule has 0 aliphatic heterocycles. The molecule has 5 heteroatoms. The van der Waals surface area contributed by atoms with Crippen LogP contribution in [-0.2, 0) is 10.2 Å². The van der Waals surface area contributed by atoms with Crippen molar-refractivity contribution in [2.75, 3.05) is 5.32 Å². The topological polar surface area (TPSA) is 83.8 Å². The van der Waals surface area contributed by atoms with Gasteiger partial charge in [-0.3, -0.25) is 4.79 Å². The summed E-state index contributed by atoms with van der Waals surface area (Å²) in [6.07, 6.45) is 1.58. The second kappa shape index (κ2) is 5.85. The smallest absolute Gasteiger partial charge is 0.241 e. The maximum atomic E-state index is 11.9. The van der Waals surface area contributed by atoms with Crippen molar-refractivity contribution in [2.45, 2.75) is 52.0 Å². The van der Waals surface area contributed by atoms with Crippen molar-refractivity contribution in [1.29, 1.82) is 0 Å². The minimum absolute atomic E-state index is 0.0358. The highest BCUT2D eigenvalue weighted by Crippen LogP contribution is 2.24. The number of anilines is 1. The molecule has 0 saturated heterocycles. The van der Waals surface area contributed by atoms with Crippen LogP contribution in [0.5, 0.6) is 0 Å². The molecule has 0 spiro atoms. The van der Waals surface area contributed by atoms with Gasteiger partial charge in [0.2, 0.25) is 5.91 Å². The molecule has 21 heavy (non-hydrogen) atoms. The van der Waals surface area contributed by atoms with E-state index in [2.05, 4.69) is 36.1 Å². The van der Waals surface area contributed by atoms with Crippen LogP contribution in [0.25, 0.3) is 11.0 Å². The van der Waals surface area contributed by atoms with Crippen molar-refractivity contribution in [3.8, 4) is 0 Å². The van der Waals surface area contributed by atoms with Gasteiger partial charge in [-0.25, -0.2) is 4.98 Å². The van der Waals surface area contributed by atoms with Crippen molar-refractivity contribution in [1.82, 2.24) is 9.97 Å². The number of amides is 1. The molecule has 1 atom stereocenters. The first-order chi connectivity index (χ1) is 9.81. The number of nitrogens with one attached hydrogen (secondary N) is 2. The minimum Gasteiger partial charge on any atom is -0.341 e. The fourth-order valence-electron chi connectivity index (χ4n) is 2.12. The molecule has 2 aromatic rings. The molecule has 5 nitrogen and oxygen atoms in total. The number of imidazole rings is 1. The summed E-state index contributed by atoms with van der Waals surface area (Å²) < 4.78 is 0. The molecule has 0 saturated carbocycles. The molecule has 0 aliphatic carbocycles. The molecular weight excluding hydrogens is 264 g/mol. The fraction of sp³-hybridized carbons (Fsp3) is 0.500. The third-order valence-corrected chi connectivity index (χ3v) is 3.40. The minimum atomic E-state index is -0.461. The molecule has 1 aromatic heterocycles. The number of benzene rings is 1. The van der Waals surface area contributed by atoms with Gasteiger partial charge in [-0.2, -0.15) is 0 Å². The standard InChI is InChI=1S/C16H24N4O/c1-5-6-11(17)14(21)18-10-7-8-12-13(9-10)20-15(19-12)16(2,3)4/h7-9,11H,5-6,17H2,1-4H3,(H,18,21)(H,19,20). The number of aromatic amines is 1. The van der Waals surface area contributed by atoms with Crippen LogP contribution in [-0.4, -0.2) is 21.9 Å². The van der Waals surface area contributed by atoms with Gasteiger partial charge in [0.1, 0.15) is 5.82 Å². The Morgan fingerprint density at radius 1 is 1.43 bits per heavy atom. The maximum Gasteiger partial charge on any atom is 0.241 e. The predicted molar refractivity (Wildman–Crippen MR) is 86.3 cm³/mol. The summed E-state index contributed by atoms with van der Waals surface area (Å²) in [6, 6.07) is 5.19. The number of rotatable bonds is 4. The number of nitrogens with zero attached hydrogens (tertiary/aromatic N) is 1. The van der Waals surface area contributed by atoms with Crippen LogP contribution < -0.4 is 11.1 Å². The molecule has 0 aliphatic rings. The zero-order valence-electron chi connectivity index (χ0n) is 13.2. The Labute approximate surface area is 125 Å². The molecule has 0 radical (unpaired) electrons. The highest BCUT2D eigenvalue weighted by atomic mass is 16.2. The predicted octanol–water partition coefficient (Wildman–Crippen LogP) is 2.93. The van der Waals surface area contributed by atoms with Crippen molar-refractivity contribution in [3.63, 3.8) is 0 Å². The first-order valence-electron chi connectivity index (χ1n) is 7.38. The Balaban J connectivity index is 2.21. The zero-order valence-corrected chi connectivity index (χ0v) is 13.2. The average molecular weight is 288 g/mol. The lowest BCUT2D eigenvalue weighted by Crippen LogP contribution is -2.35. The second-order valence-corrected chi connectivity index (χ2v) is 6.45. The second-order valence-electron chi connectivity index (χ2n) is 6.45. The van der Waals surface area contributed by atoms with Crippen LogP contribution >= 0.6 is 0 Å². The van der Waals surface area contributed by atoms with Crippen molar-refractivity contribution >= 4 is 22.6 Å². The fourth-order valence-corrected chi connectivity index (χ4v) is 2.12. The van der Waals surface area contributed by atoms with Crippen molar-refractivity contribution in [2.24, 2.45) is 5.73 Å². The highest BCUT2D eigenvalue weighted by Gasteiger charge is 2.18. The first-order valence-corrected chi connectivity index (χ1v) is 7.38. The van der Waals surface area contributed by atoms with Crippen LogP contribution in [0.3, 0.4) is 0 Å². The molecule has 1 unspecified atom stereocenters. The van der Waals surface area contributed by atoms with E-state index in [-0.39, 0.29) is 11.3 Å². The van der Waals surface area contributed by atoms with E-state index in [1.165, 1.54) is 0 Å². The van der Waals surface area contributed by atoms with Crippen LogP contribution in [0, 0.1) is 0 Å². The summed E-state index contributed by atoms with van der Waals surface area (Å²) in [5.41, 5.74) is 8.34.